The molecule has 124 valence electrons. The number of anilines is 1. The number of halogens is 1. The van der Waals surface area contributed by atoms with E-state index in [1.807, 2.05) is 17.6 Å². The second kappa shape index (κ2) is 6.97. The van der Waals surface area contributed by atoms with Crippen molar-refractivity contribution in [2.75, 3.05) is 19.0 Å². The van der Waals surface area contributed by atoms with Crippen LogP contribution >= 0.6 is 15.9 Å². The van der Waals surface area contributed by atoms with Gasteiger partial charge in [-0.2, -0.15) is 0 Å². The van der Waals surface area contributed by atoms with Crippen LogP contribution < -0.4 is 5.32 Å². The van der Waals surface area contributed by atoms with Crippen molar-refractivity contribution in [3.63, 3.8) is 0 Å². The van der Waals surface area contributed by atoms with Crippen molar-refractivity contribution in [3.8, 4) is 0 Å². The van der Waals surface area contributed by atoms with Crippen LogP contribution in [0.5, 0.6) is 0 Å². The first-order valence-electron chi connectivity index (χ1n) is 7.90. The third-order valence-electron chi connectivity index (χ3n) is 4.25. The number of carbonyl (C=O) groups excluding carboxylic acids is 1. The van der Waals surface area contributed by atoms with E-state index in [-0.39, 0.29) is 6.04 Å². The molecule has 0 amide bonds. The van der Waals surface area contributed by atoms with E-state index in [4.69, 9.17) is 4.74 Å². The van der Waals surface area contributed by atoms with Crippen molar-refractivity contribution in [1.82, 2.24) is 14.6 Å². The fraction of sp³-hybridized carbons (Fsp3) is 0.562. The molecule has 2 aromatic rings. The molecule has 0 saturated heterocycles. The molecule has 6 nitrogen and oxygen atoms in total. The Morgan fingerprint density at radius 3 is 2.91 bits per heavy atom. The molecule has 1 aliphatic carbocycles. The number of ether oxygens (including phenoxy) is 1. The zero-order chi connectivity index (χ0) is 16.4. The first-order valence-corrected chi connectivity index (χ1v) is 8.69. The Morgan fingerprint density at radius 1 is 1.48 bits per heavy atom. The van der Waals surface area contributed by atoms with Crippen LogP contribution in [-0.2, 0) is 9.53 Å². The maximum Gasteiger partial charge on any atom is 0.241 e. The van der Waals surface area contributed by atoms with E-state index in [0.717, 1.165) is 28.5 Å². The van der Waals surface area contributed by atoms with Crippen LogP contribution in [-0.4, -0.2) is 40.1 Å². The summed E-state index contributed by atoms with van der Waals surface area (Å²) < 4.78 is 8.06. The molecule has 1 fully saturated rings. The Balaban J connectivity index is 1.90. The summed E-state index contributed by atoms with van der Waals surface area (Å²) in [5, 5.41) is 7.88. The second-order valence-corrected chi connectivity index (χ2v) is 6.96. The van der Waals surface area contributed by atoms with Gasteiger partial charge in [0.2, 0.25) is 5.95 Å². The van der Waals surface area contributed by atoms with Crippen molar-refractivity contribution in [2.45, 2.75) is 44.6 Å². The van der Waals surface area contributed by atoms with Crippen LogP contribution in [0.1, 0.15) is 44.2 Å². The lowest BCUT2D eigenvalue weighted by molar-refractivity contribution is -0.120. The Kier molecular flexibility index (Phi) is 4.96. The Hall–Kier alpha value is -1.47. The summed E-state index contributed by atoms with van der Waals surface area (Å²) in [5.74, 6) is 1.32. The number of methoxy groups -OCH3 is 1. The number of nitrogens with zero attached hydrogens (tertiary/aromatic N) is 3. The van der Waals surface area contributed by atoms with Crippen molar-refractivity contribution < 1.29 is 9.53 Å². The third-order valence-corrected chi connectivity index (χ3v) is 4.88. The average molecular weight is 381 g/mol. The molecule has 0 spiro atoms. The largest absolute Gasteiger partial charge is 0.383 e. The van der Waals surface area contributed by atoms with Gasteiger partial charge < -0.3 is 10.1 Å². The highest BCUT2D eigenvalue weighted by atomic mass is 79.9. The van der Waals surface area contributed by atoms with Gasteiger partial charge in [0.25, 0.3) is 0 Å². The van der Waals surface area contributed by atoms with E-state index in [9.17, 15) is 4.79 Å². The standard InChI is InChI=1S/C16H21BrN4O2/c1-10(9-23-2)19-16-18-8-15-13(17)7-14(21(15)20-16)11-3-5-12(22)6-4-11/h7-8,10-11H,3-6,9H2,1-2H3,(H,19,20). The summed E-state index contributed by atoms with van der Waals surface area (Å²) in [6, 6.07) is 2.24. The molecule has 2 aromatic heterocycles. The van der Waals surface area contributed by atoms with Gasteiger partial charge in [0.05, 0.1) is 18.3 Å². The smallest absolute Gasteiger partial charge is 0.241 e. The number of hydrogen-bond donors (Lipinski definition) is 1. The molecular formula is C16H21BrN4O2. The number of Topliss-reactive ketones (excluding diaryl/α,β-unsaturated/α-hetero) is 1. The lowest BCUT2D eigenvalue weighted by atomic mass is 9.86. The molecule has 1 aliphatic rings. The fourth-order valence-electron chi connectivity index (χ4n) is 3.08. The summed E-state index contributed by atoms with van der Waals surface area (Å²) in [6.45, 7) is 2.62. The normalized spacial score (nSPS) is 17.6. The van der Waals surface area contributed by atoms with Gasteiger partial charge in [0, 0.05) is 42.1 Å². The van der Waals surface area contributed by atoms with Gasteiger partial charge in [-0.25, -0.2) is 9.50 Å². The number of nitrogens with one attached hydrogen (secondary N) is 1. The lowest BCUT2D eigenvalue weighted by Crippen LogP contribution is -2.23. The summed E-state index contributed by atoms with van der Waals surface area (Å²) in [5.41, 5.74) is 2.09. The first-order chi connectivity index (χ1) is 11.1. The summed E-state index contributed by atoms with van der Waals surface area (Å²) in [7, 11) is 1.67. The van der Waals surface area contributed by atoms with Gasteiger partial charge >= 0.3 is 0 Å². The molecule has 7 heteroatoms. The summed E-state index contributed by atoms with van der Waals surface area (Å²) in [4.78, 5) is 15.9. The van der Waals surface area contributed by atoms with Crippen molar-refractivity contribution in [3.05, 3.63) is 22.4 Å². The van der Waals surface area contributed by atoms with Gasteiger partial charge in [0.15, 0.2) is 0 Å². The second-order valence-electron chi connectivity index (χ2n) is 6.11. The van der Waals surface area contributed by atoms with Gasteiger partial charge in [-0.1, -0.05) is 0 Å². The Labute approximate surface area is 143 Å². The highest BCUT2D eigenvalue weighted by molar-refractivity contribution is 9.10. The zero-order valence-corrected chi connectivity index (χ0v) is 15.0. The molecule has 0 radical (unpaired) electrons. The molecule has 0 aromatic carbocycles. The van der Waals surface area contributed by atoms with E-state index in [2.05, 4.69) is 37.4 Å². The number of ketones is 1. The highest BCUT2D eigenvalue weighted by Crippen LogP contribution is 2.34. The lowest BCUT2D eigenvalue weighted by Gasteiger charge is -2.20. The fourth-order valence-corrected chi connectivity index (χ4v) is 3.59. The SMILES string of the molecule is COCC(C)Nc1ncc2c(Br)cc(C3CCC(=O)CC3)n2n1. The van der Waals surface area contributed by atoms with Crippen molar-refractivity contribution in [2.24, 2.45) is 0 Å². The number of aromatic nitrogens is 3. The summed E-state index contributed by atoms with van der Waals surface area (Å²) in [6.07, 6.45) is 4.93. The molecule has 3 rings (SSSR count). The minimum Gasteiger partial charge on any atom is -0.383 e. The number of hydrogen-bond acceptors (Lipinski definition) is 5. The van der Waals surface area contributed by atoms with Gasteiger partial charge in [0.1, 0.15) is 5.78 Å². The molecule has 1 unspecified atom stereocenters. The van der Waals surface area contributed by atoms with Crippen LogP contribution in [0.3, 0.4) is 0 Å². The van der Waals surface area contributed by atoms with Crippen LogP contribution in [0.2, 0.25) is 0 Å². The van der Waals surface area contributed by atoms with E-state index in [1.54, 1.807) is 7.11 Å². The molecule has 2 heterocycles. The maximum absolute atomic E-state index is 11.5. The predicted molar refractivity (Wildman–Crippen MR) is 91.9 cm³/mol. The molecule has 1 saturated carbocycles. The Morgan fingerprint density at radius 2 is 2.22 bits per heavy atom. The molecule has 0 bridgehead atoms. The number of rotatable bonds is 5. The monoisotopic (exact) mass is 380 g/mol. The molecule has 23 heavy (non-hydrogen) atoms. The topological polar surface area (TPSA) is 68.5 Å². The quantitative estimate of drug-likeness (QED) is 0.862. The van der Waals surface area contributed by atoms with Gasteiger partial charge in [-0.3, -0.25) is 4.79 Å². The third kappa shape index (κ3) is 3.55. The maximum atomic E-state index is 11.5. The minimum absolute atomic E-state index is 0.132. The van der Waals surface area contributed by atoms with E-state index in [1.165, 1.54) is 0 Å². The van der Waals surface area contributed by atoms with Crippen molar-refractivity contribution in [1.29, 1.82) is 0 Å². The summed E-state index contributed by atoms with van der Waals surface area (Å²) >= 11 is 3.59. The average Bonchev–Trinajstić information content (AvgIpc) is 2.85. The predicted octanol–water partition coefficient (Wildman–Crippen LogP) is 3.17. The van der Waals surface area contributed by atoms with Crippen LogP contribution in [0, 0.1) is 0 Å². The molecule has 0 aliphatic heterocycles. The number of carbonyl (C=O) groups is 1. The van der Waals surface area contributed by atoms with Crippen molar-refractivity contribution >= 4 is 33.2 Å². The minimum atomic E-state index is 0.132. The van der Waals surface area contributed by atoms with E-state index < -0.39 is 0 Å². The van der Waals surface area contributed by atoms with Gasteiger partial charge in [-0.05, 0) is 41.8 Å². The van der Waals surface area contributed by atoms with Crippen LogP contribution in [0.15, 0.2) is 16.7 Å². The molecular weight excluding hydrogens is 360 g/mol. The molecule has 1 N–H and O–H groups in total. The first kappa shape index (κ1) is 16.4. The van der Waals surface area contributed by atoms with Gasteiger partial charge in [-0.15, -0.1) is 5.10 Å². The van der Waals surface area contributed by atoms with Crippen LogP contribution in [0.25, 0.3) is 5.52 Å². The highest BCUT2D eigenvalue weighted by Gasteiger charge is 2.24. The van der Waals surface area contributed by atoms with E-state index >= 15 is 0 Å². The Bertz CT molecular complexity index is 705. The molecule has 1 atom stereocenters. The van der Waals surface area contributed by atoms with Crippen LogP contribution in [0.4, 0.5) is 5.95 Å². The van der Waals surface area contributed by atoms with E-state index in [0.29, 0.717) is 37.1 Å². The number of fused-ring (bicyclic) bond motifs is 1. The zero-order valence-electron chi connectivity index (χ0n) is 13.4.